The quantitative estimate of drug-likeness (QED) is 0.617. The molecule has 16 heavy (non-hydrogen) atoms. The zero-order valence-corrected chi connectivity index (χ0v) is 12.4. The van der Waals surface area contributed by atoms with Gasteiger partial charge in [-0.1, -0.05) is 18.2 Å². The third kappa shape index (κ3) is 2.29. The summed E-state index contributed by atoms with van der Waals surface area (Å²) in [5, 5.41) is 1.21. The second-order valence-corrected chi connectivity index (χ2v) is 12.5. The fourth-order valence-electron chi connectivity index (χ4n) is 1.74. The van der Waals surface area contributed by atoms with E-state index in [1.54, 1.807) is 18.4 Å². The number of benzene rings is 1. The van der Waals surface area contributed by atoms with Gasteiger partial charge >= 0.3 is 0 Å². The van der Waals surface area contributed by atoms with Gasteiger partial charge in [-0.25, -0.2) is 0 Å². The molecule has 0 radical (unpaired) electrons. The summed E-state index contributed by atoms with van der Waals surface area (Å²) < 4.78 is 7.58. The van der Waals surface area contributed by atoms with Crippen LogP contribution >= 0.6 is 33.5 Å². The average molecular weight is 291 g/mol. The largest absolute Gasteiger partial charge is 0.380 e. The van der Waals surface area contributed by atoms with E-state index in [2.05, 4.69) is 12.1 Å². The molecule has 0 N–H and O–H groups in total. The molecule has 0 unspecified atom stereocenters. The minimum absolute atomic E-state index is 0.571. The van der Waals surface area contributed by atoms with Gasteiger partial charge in [0.15, 0.2) is 0 Å². The van der Waals surface area contributed by atoms with Gasteiger partial charge in [0.2, 0.25) is 0 Å². The van der Waals surface area contributed by atoms with E-state index in [0.29, 0.717) is 6.61 Å². The SMILES string of the molecule is COCc1c([Si](C)(Cl)Cl)sc2ccccc12. The lowest BCUT2D eigenvalue weighted by Crippen LogP contribution is -2.32. The van der Waals surface area contributed by atoms with Gasteiger partial charge in [-0.15, -0.1) is 33.5 Å². The Morgan fingerprint density at radius 1 is 1.31 bits per heavy atom. The highest BCUT2D eigenvalue weighted by molar-refractivity contribution is 7.57. The number of hydrogen-bond donors (Lipinski definition) is 0. The predicted octanol–water partition coefficient (Wildman–Crippen LogP) is 3.80. The van der Waals surface area contributed by atoms with Crippen LogP contribution in [-0.4, -0.2) is 13.8 Å². The molecule has 86 valence electrons. The zero-order valence-electron chi connectivity index (χ0n) is 9.09. The molecule has 1 aromatic heterocycles. The summed E-state index contributed by atoms with van der Waals surface area (Å²) in [6.45, 7) is 0.186. The van der Waals surface area contributed by atoms with E-state index < -0.39 is 6.69 Å². The minimum Gasteiger partial charge on any atom is -0.380 e. The van der Waals surface area contributed by atoms with E-state index in [9.17, 15) is 0 Å². The van der Waals surface area contributed by atoms with Crippen LogP contribution in [0.2, 0.25) is 6.55 Å². The lowest BCUT2D eigenvalue weighted by Gasteiger charge is -2.10. The number of thiophene rings is 1. The van der Waals surface area contributed by atoms with Crippen molar-refractivity contribution in [3.05, 3.63) is 29.8 Å². The van der Waals surface area contributed by atoms with E-state index in [4.69, 9.17) is 26.9 Å². The van der Waals surface area contributed by atoms with Gasteiger partial charge in [-0.3, -0.25) is 0 Å². The predicted molar refractivity (Wildman–Crippen MR) is 75.5 cm³/mol. The first kappa shape index (κ1) is 12.4. The van der Waals surface area contributed by atoms with Crippen LogP contribution < -0.4 is 4.50 Å². The number of fused-ring (bicyclic) bond motifs is 1. The van der Waals surface area contributed by atoms with Gasteiger partial charge in [0.25, 0.3) is 6.69 Å². The van der Waals surface area contributed by atoms with Crippen molar-refractivity contribution in [2.75, 3.05) is 7.11 Å². The average Bonchev–Trinajstić information content (AvgIpc) is 2.58. The summed E-state index contributed by atoms with van der Waals surface area (Å²) in [5.41, 5.74) is 1.15. The van der Waals surface area contributed by atoms with Gasteiger partial charge < -0.3 is 4.74 Å². The van der Waals surface area contributed by atoms with Gasteiger partial charge in [0.05, 0.1) is 6.61 Å². The Balaban J connectivity index is 2.68. The second kappa shape index (κ2) is 4.67. The number of ether oxygens (including phenoxy) is 1. The maximum Gasteiger partial charge on any atom is 0.287 e. The van der Waals surface area contributed by atoms with Crippen molar-refractivity contribution >= 4 is 54.8 Å². The van der Waals surface area contributed by atoms with Crippen molar-refractivity contribution in [2.24, 2.45) is 0 Å². The van der Waals surface area contributed by atoms with Crippen LogP contribution in [0, 0.1) is 0 Å². The molecule has 2 aromatic rings. The molecule has 0 amide bonds. The maximum atomic E-state index is 6.33. The fourth-order valence-corrected chi connectivity index (χ4v) is 5.86. The van der Waals surface area contributed by atoms with E-state index in [1.807, 2.05) is 18.7 Å². The van der Waals surface area contributed by atoms with Crippen LogP contribution in [-0.2, 0) is 11.3 Å². The van der Waals surface area contributed by atoms with Crippen LogP contribution in [0.3, 0.4) is 0 Å². The molecule has 2 rings (SSSR count). The summed E-state index contributed by atoms with van der Waals surface area (Å²) in [6.07, 6.45) is 0. The number of hydrogen-bond acceptors (Lipinski definition) is 2. The van der Waals surface area contributed by atoms with Crippen molar-refractivity contribution < 1.29 is 4.74 Å². The highest BCUT2D eigenvalue weighted by Gasteiger charge is 2.30. The number of methoxy groups -OCH3 is 1. The van der Waals surface area contributed by atoms with Crippen LogP contribution in [0.25, 0.3) is 10.1 Å². The third-order valence-corrected chi connectivity index (χ3v) is 7.85. The van der Waals surface area contributed by atoms with Crippen molar-refractivity contribution in [2.45, 2.75) is 13.2 Å². The van der Waals surface area contributed by atoms with Gasteiger partial charge in [0, 0.05) is 16.3 Å². The number of rotatable bonds is 3. The van der Waals surface area contributed by atoms with Crippen molar-refractivity contribution in [3.8, 4) is 0 Å². The minimum atomic E-state index is -2.32. The second-order valence-electron chi connectivity index (χ2n) is 3.73. The standard InChI is InChI=1S/C11H12Cl2OSSi/c1-14-7-9-8-5-3-4-6-10(8)15-11(9)16(2,12)13/h3-6H,7H2,1-2H3. The summed E-state index contributed by atoms with van der Waals surface area (Å²) in [7, 11) is 1.69. The fraction of sp³-hybridized carbons (Fsp3) is 0.273. The Morgan fingerprint density at radius 3 is 2.62 bits per heavy atom. The first-order chi connectivity index (χ1) is 7.54. The monoisotopic (exact) mass is 290 g/mol. The van der Waals surface area contributed by atoms with E-state index in [-0.39, 0.29) is 0 Å². The molecule has 0 atom stereocenters. The molecular weight excluding hydrogens is 279 g/mol. The summed E-state index contributed by atoms with van der Waals surface area (Å²) in [5.74, 6) is 0. The van der Waals surface area contributed by atoms with E-state index >= 15 is 0 Å². The molecule has 0 spiro atoms. The summed E-state index contributed by atoms with van der Waals surface area (Å²) in [4.78, 5) is 0. The van der Waals surface area contributed by atoms with Crippen molar-refractivity contribution in [3.63, 3.8) is 0 Å². The third-order valence-electron chi connectivity index (χ3n) is 2.39. The lowest BCUT2D eigenvalue weighted by molar-refractivity contribution is 0.187. The summed E-state index contributed by atoms with van der Waals surface area (Å²) in [6, 6.07) is 8.24. The Kier molecular flexibility index (Phi) is 3.61. The summed E-state index contributed by atoms with van der Waals surface area (Å²) >= 11 is 14.3. The van der Waals surface area contributed by atoms with Crippen molar-refractivity contribution in [1.82, 2.24) is 0 Å². The lowest BCUT2D eigenvalue weighted by atomic mass is 10.2. The highest BCUT2D eigenvalue weighted by atomic mass is 35.7. The zero-order chi connectivity index (χ0) is 11.8. The molecule has 0 bridgehead atoms. The molecule has 1 aromatic carbocycles. The Hall–Kier alpha value is -0.0631. The molecule has 1 heterocycles. The normalized spacial score (nSPS) is 12.2. The molecule has 0 saturated heterocycles. The van der Waals surface area contributed by atoms with E-state index in [1.165, 1.54) is 10.1 Å². The Labute approximate surface area is 109 Å². The smallest absolute Gasteiger partial charge is 0.287 e. The van der Waals surface area contributed by atoms with Crippen LogP contribution in [0.4, 0.5) is 0 Å². The molecule has 5 heteroatoms. The molecule has 0 aliphatic heterocycles. The van der Waals surface area contributed by atoms with Crippen molar-refractivity contribution in [1.29, 1.82) is 0 Å². The van der Waals surface area contributed by atoms with Crippen LogP contribution in [0.1, 0.15) is 5.56 Å². The highest BCUT2D eigenvalue weighted by Crippen LogP contribution is 2.30. The topological polar surface area (TPSA) is 9.23 Å². The molecule has 0 saturated carbocycles. The molecule has 0 fully saturated rings. The maximum absolute atomic E-state index is 6.33. The van der Waals surface area contributed by atoms with Gasteiger partial charge in [-0.2, -0.15) is 0 Å². The Morgan fingerprint density at radius 2 is 2.00 bits per heavy atom. The van der Waals surface area contributed by atoms with E-state index in [0.717, 1.165) is 10.1 Å². The number of halogens is 2. The molecule has 0 aliphatic rings. The van der Waals surface area contributed by atoms with Crippen LogP contribution in [0.15, 0.2) is 24.3 Å². The first-order valence-electron chi connectivity index (χ1n) is 4.91. The van der Waals surface area contributed by atoms with Crippen LogP contribution in [0.5, 0.6) is 0 Å². The first-order valence-corrected chi connectivity index (χ1v) is 10.3. The molecule has 1 nitrogen and oxygen atoms in total. The Bertz CT molecular complexity index is 504. The molecular formula is C11H12Cl2OSSi. The molecule has 0 aliphatic carbocycles. The van der Waals surface area contributed by atoms with Gasteiger partial charge in [-0.05, 0) is 23.6 Å². The van der Waals surface area contributed by atoms with Gasteiger partial charge in [0.1, 0.15) is 0 Å².